The molecule has 0 aliphatic rings. The number of pyridine rings is 1. The quantitative estimate of drug-likeness (QED) is 0.847. The first-order valence-electron chi connectivity index (χ1n) is 7.20. The maximum atomic E-state index is 12.0. The van der Waals surface area contributed by atoms with Gasteiger partial charge in [-0.2, -0.15) is 0 Å². The standard InChI is InChI=1S/C17H21N3O/c1-2-20(13-15-7-4-3-5-8-15)14-17(21)19-12-16-9-6-10-18-11-16/h3-11H,2,12-14H2,1H3,(H,19,21). The molecule has 1 amide bonds. The van der Waals surface area contributed by atoms with E-state index in [1.54, 1.807) is 12.4 Å². The van der Waals surface area contributed by atoms with Crippen LogP contribution < -0.4 is 5.32 Å². The molecule has 2 rings (SSSR count). The molecule has 0 spiro atoms. The summed E-state index contributed by atoms with van der Waals surface area (Å²) in [5.74, 6) is 0.0386. The zero-order chi connectivity index (χ0) is 14.9. The van der Waals surface area contributed by atoms with Gasteiger partial charge in [-0.1, -0.05) is 43.3 Å². The fourth-order valence-corrected chi connectivity index (χ4v) is 2.08. The lowest BCUT2D eigenvalue weighted by atomic mass is 10.2. The lowest BCUT2D eigenvalue weighted by molar-refractivity contribution is -0.122. The number of amides is 1. The third kappa shape index (κ3) is 5.36. The summed E-state index contributed by atoms with van der Waals surface area (Å²) in [5, 5.41) is 2.93. The Balaban J connectivity index is 1.80. The predicted molar refractivity (Wildman–Crippen MR) is 83.5 cm³/mol. The normalized spacial score (nSPS) is 10.6. The molecule has 0 saturated carbocycles. The summed E-state index contributed by atoms with van der Waals surface area (Å²) in [7, 11) is 0. The van der Waals surface area contributed by atoms with Gasteiger partial charge in [0, 0.05) is 25.5 Å². The molecule has 2 aromatic rings. The molecule has 0 aliphatic carbocycles. The Hall–Kier alpha value is -2.20. The van der Waals surface area contributed by atoms with Crippen LogP contribution in [0.1, 0.15) is 18.1 Å². The second-order valence-electron chi connectivity index (χ2n) is 4.93. The van der Waals surface area contributed by atoms with Gasteiger partial charge in [0.2, 0.25) is 5.91 Å². The van der Waals surface area contributed by atoms with Gasteiger partial charge >= 0.3 is 0 Å². The van der Waals surface area contributed by atoms with Crippen molar-refractivity contribution in [1.82, 2.24) is 15.2 Å². The fraction of sp³-hybridized carbons (Fsp3) is 0.294. The zero-order valence-corrected chi connectivity index (χ0v) is 12.3. The topological polar surface area (TPSA) is 45.2 Å². The molecule has 1 aromatic carbocycles. The van der Waals surface area contributed by atoms with E-state index in [9.17, 15) is 4.79 Å². The average molecular weight is 283 g/mol. The molecule has 0 radical (unpaired) electrons. The van der Waals surface area contributed by atoms with Gasteiger partial charge < -0.3 is 5.32 Å². The lowest BCUT2D eigenvalue weighted by Gasteiger charge is -2.19. The Kier molecular flexibility index (Phi) is 5.91. The summed E-state index contributed by atoms with van der Waals surface area (Å²) in [6.07, 6.45) is 3.49. The zero-order valence-electron chi connectivity index (χ0n) is 12.3. The summed E-state index contributed by atoms with van der Waals surface area (Å²) in [6, 6.07) is 14.0. The van der Waals surface area contributed by atoms with E-state index < -0.39 is 0 Å². The minimum Gasteiger partial charge on any atom is -0.351 e. The Labute approximate surface area is 125 Å². The van der Waals surface area contributed by atoms with E-state index in [1.165, 1.54) is 5.56 Å². The maximum absolute atomic E-state index is 12.0. The van der Waals surface area contributed by atoms with Gasteiger partial charge in [0.1, 0.15) is 0 Å². The molecule has 0 aliphatic heterocycles. The Morgan fingerprint density at radius 2 is 1.90 bits per heavy atom. The smallest absolute Gasteiger partial charge is 0.234 e. The van der Waals surface area contributed by atoms with Crippen molar-refractivity contribution in [1.29, 1.82) is 0 Å². The number of carbonyl (C=O) groups is 1. The molecule has 1 aromatic heterocycles. The van der Waals surface area contributed by atoms with Crippen LogP contribution in [0.4, 0.5) is 0 Å². The number of aromatic nitrogens is 1. The number of hydrogen-bond acceptors (Lipinski definition) is 3. The van der Waals surface area contributed by atoms with Crippen LogP contribution in [0.5, 0.6) is 0 Å². The predicted octanol–water partition coefficient (Wildman–Crippen LogP) is 2.22. The van der Waals surface area contributed by atoms with Crippen molar-refractivity contribution < 1.29 is 4.79 Å². The van der Waals surface area contributed by atoms with E-state index in [0.29, 0.717) is 13.1 Å². The molecule has 4 nitrogen and oxygen atoms in total. The van der Waals surface area contributed by atoms with Crippen molar-refractivity contribution in [3.05, 3.63) is 66.0 Å². The fourth-order valence-electron chi connectivity index (χ4n) is 2.08. The van der Waals surface area contributed by atoms with Crippen LogP contribution in [0.15, 0.2) is 54.9 Å². The highest BCUT2D eigenvalue weighted by Gasteiger charge is 2.09. The molecule has 110 valence electrons. The first-order chi connectivity index (χ1) is 10.3. The van der Waals surface area contributed by atoms with Crippen molar-refractivity contribution in [2.75, 3.05) is 13.1 Å². The minimum absolute atomic E-state index is 0.0386. The van der Waals surface area contributed by atoms with Gasteiger partial charge in [0.05, 0.1) is 6.54 Å². The summed E-state index contributed by atoms with van der Waals surface area (Å²) in [5.41, 5.74) is 2.23. The Bertz CT molecular complexity index is 542. The molecular weight excluding hydrogens is 262 g/mol. The van der Waals surface area contributed by atoms with Crippen LogP contribution in [0.25, 0.3) is 0 Å². The van der Waals surface area contributed by atoms with Crippen LogP contribution in [0, 0.1) is 0 Å². The molecule has 1 heterocycles. The maximum Gasteiger partial charge on any atom is 0.234 e. The second kappa shape index (κ2) is 8.17. The molecular formula is C17H21N3O. The van der Waals surface area contributed by atoms with Crippen molar-refractivity contribution in [3.63, 3.8) is 0 Å². The van der Waals surface area contributed by atoms with Crippen molar-refractivity contribution in [2.45, 2.75) is 20.0 Å². The first kappa shape index (κ1) is 15.2. The van der Waals surface area contributed by atoms with Gasteiger partial charge in [-0.15, -0.1) is 0 Å². The van der Waals surface area contributed by atoms with Crippen molar-refractivity contribution >= 4 is 5.91 Å². The lowest BCUT2D eigenvalue weighted by Crippen LogP contribution is -2.36. The molecule has 4 heteroatoms. The molecule has 1 N–H and O–H groups in total. The second-order valence-corrected chi connectivity index (χ2v) is 4.93. The van der Waals surface area contributed by atoms with E-state index in [2.05, 4.69) is 34.3 Å². The van der Waals surface area contributed by atoms with Crippen molar-refractivity contribution in [2.24, 2.45) is 0 Å². The van der Waals surface area contributed by atoms with E-state index in [1.807, 2.05) is 30.3 Å². The number of hydrogen-bond donors (Lipinski definition) is 1. The Morgan fingerprint density at radius 1 is 1.14 bits per heavy atom. The van der Waals surface area contributed by atoms with E-state index in [0.717, 1.165) is 18.7 Å². The SMILES string of the molecule is CCN(CC(=O)NCc1cccnc1)Cc1ccccc1. The minimum atomic E-state index is 0.0386. The molecule has 0 saturated heterocycles. The van der Waals surface area contributed by atoms with Gasteiger partial charge in [0.15, 0.2) is 0 Å². The highest BCUT2D eigenvalue weighted by molar-refractivity contribution is 5.77. The number of nitrogens with zero attached hydrogens (tertiary/aromatic N) is 2. The third-order valence-electron chi connectivity index (χ3n) is 3.28. The number of likely N-dealkylation sites (N-methyl/N-ethyl adjacent to an activating group) is 1. The first-order valence-corrected chi connectivity index (χ1v) is 7.20. The monoisotopic (exact) mass is 283 g/mol. The number of carbonyl (C=O) groups excluding carboxylic acids is 1. The summed E-state index contributed by atoms with van der Waals surface area (Å²) in [6.45, 7) is 4.63. The van der Waals surface area contributed by atoms with Crippen LogP contribution in [0.3, 0.4) is 0 Å². The van der Waals surface area contributed by atoms with Crippen molar-refractivity contribution in [3.8, 4) is 0 Å². The molecule has 0 unspecified atom stereocenters. The summed E-state index contributed by atoms with van der Waals surface area (Å²) in [4.78, 5) is 18.2. The van der Waals surface area contributed by atoms with Crippen LogP contribution in [0.2, 0.25) is 0 Å². The highest BCUT2D eigenvalue weighted by Crippen LogP contribution is 2.04. The number of rotatable bonds is 7. The van der Waals surface area contributed by atoms with Gasteiger partial charge in [-0.3, -0.25) is 14.7 Å². The van der Waals surface area contributed by atoms with E-state index in [-0.39, 0.29) is 5.91 Å². The van der Waals surface area contributed by atoms with E-state index in [4.69, 9.17) is 0 Å². The number of benzene rings is 1. The van der Waals surface area contributed by atoms with Crippen LogP contribution in [-0.4, -0.2) is 28.9 Å². The Morgan fingerprint density at radius 3 is 2.57 bits per heavy atom. The van der Waals surface area contributed by atoms with Gasteiger partial charge in [-0.05, 0) is 23.7 Å². The molecule has 0 atom stereocenters. The summed E-state index contributed by atoms with van der Waals surface area (Å²) >= 11 is 0. The van der Waals surface area contributed by atoms with E-state index >= 15 is 0 Å². The average Bonchev–Trinajstić information content (AvgIpc) is 2.54. The third-order valence-corrected chi connectivity index (χ3v) is 3.28. The van der Waals surface area contributed by atoms with Gasteiger partial charge in [-0.25, -0.2) is 0 Å². The number of nitrogens with one attached hydrogen (secondary N) is 1. The largest absolute Gasteiger partial charge is 0.351 e. The molecule has 0 bridgehead atoms. The van der Waals surface area contributed by atoms with Gasteiger partial charge in [0.25, 0.3) is 0 Å². The van der Waals surface area contributed by atoms with Crippen LogP contribution in [-0.2, 0) is 17.9 Å². The summed E-state index contributed by atoms with van der Waals surface area (Å²) < 4.78 is 0. The highest BCUT2D eigenvalue weighted by atomic mass is 16.2. The molecule has 0 fully saturated rings. The molecule has 21 heavy (non-hydrogen) atoms. The van der Waals surface area contributed by atoms with Crippen LogP contribution >= 0.6 is 0 Å².